The van der Waals surface area contributed by atoms with E-state index in [-0.39, 0.29) is 42.0 Å². The van der Waals surface area contributed by atoms with E-state index in [4.69, 9.17) is 4.42 Å². The van der Waals surface area contributed by atoms with E-state index in [1.807, 2.05) is 24.3 Å². The molecule has 1 aliphatic heterocycles. The molecule has 9 heteroatoms. The van der Waals surface area contributed by atoms with Gasteiger partial charge in [-0.15, -0.1) is 0 Å². The summed E-state index contributed by atoms with van der Waals surface area (Å²) in [7, 11) is 0. The molecule has 3 rings (SSSR count). The van der Waals surface area contributed by atoms with Crippen LogP contribution in [0.25, 0.3) is 16.6 Å². The number of urea groups is 1. The Bertz CT molecular complexity index is 729. The maximum absolute atomic E-state index is 11.2. The van der Waals surface area contributed by atoms with E-state index >= 15 is 0 Å². The molecular weight excluding hydrogens is 366 g/mol. The third-order valence-corrected chi connectivity index (χ3v) is 3.21. The number of halogens is 1. The number of aromatic nitrogens is 1. The summed E-state index contributed by atoms with van der Waals surface area (Å²) >= 11 is 3.35. The number of oxazole rings is 1. The van der Waals surface area contributed by atoms with Crippen molar-refractivity contribution in [1.82, 2.24) is 9.99 Å². The summed E-state index contributed by atoms with van der Waals surface area (Å²) in [6.07, 6.45) is 2.83. The van der Waals surface area contributed by atoms with Crippen molar-refractivity contribution in [1.29, 1.82) is 0 Å². The molecule has 1 aliphatic rings. The molecule has 22 heavy (non-hydrogen) atoms. The summed E-state index contributed by atoms with van der Waals surface area (Å²) < 4.78 is 6.47. The van der Waals surface area contributed by atoms with Gasteiger partial charge in [-0.25, -0.2) is 4.98 Å². The minimum Gasteiger partial charge on any atom is -0.435 e. The van der Waals surface area contributed by atoms with Crippen molar-refractivity contribution in [2.45, 2.75) is 0 Å². The fourth-order valence-corrected chi connectivity index (χ4v) is 1.96. The molecule has 1 aromatic heterocycles. The predicted octanol–water partition coefficient (Wildman–Crippen LogP) is -0.222. The van der Waals surface area contributed by atoms with Gasteiger partial charge in [0.25, 0.3) is 0 Å². The normalized spacial score (nSPS) is 14.3. The number of hydrogen-bond acceptors (Lipinski definition) is 5. The maximum atomic E-state index is 11.2. The second-order valence-corrected chi connectivity index (χ2v) is 5.08. The second-order valence-electron chi connectivity index (χ2n) is 4.16. The number of carbonyl (C=O) groups is 2. The molecule has 2 aromatic rings. The van der Waals surface area contributed by atoms with Gasteiger partial charge in [-0.05, 0) is 12.1 Å². The van der Waals surface area contributed by atoms with Crippen LogP contribution in [0.3, 0.4) is 0 Å². The Morgan fingerprint density at radius 1 is 1.32 bits per heavy atom. The molecule has 0 atom stereocenters. The number of rotatable bonds is 3. The average Bonchev–Trinajstić information content (AvgIpc) is 3.04. The quantitative estimate of drug-likeness (QED) is 0.322. The summed E-state index contributed by atoms with van der Waals surface area (Å²) in [6.45, 7) is -0.157. The van der Waals surface area contributed by atoms with Crippen LogP contribution in [0.5, 0.6) is 0 Å². The van der Waals surface area contributed by atoms with Gasteiger partial charge < -0.3 is 14.7 Å². The van der Waals surface area contributed by atoms with E-state index in [1.165, 1.54) is 6.21 Å². The van der Waals surface area contributed by atoms with Gasteiger partial charge in [-0.2, -0.15) is 0 Å². The molecule has 1 aromatic carbocycles. The topological polar surface area (TPSA) is 89.9 Å². The Morgan fingerprint density at radius 3 is 2.68 bits per heavy atom. The average molecular weight is 374 g/mol. The molecule has 1 fully saturated rings. The van der Waals surface area contributed by atoms with Crippen LogP contribution in [0, 0.1) is 0 Å². The van der Waals surface area contributed by atoms with Crippen LogP contribution in [0.1, 0.15) is 5.89 Å². The van der Waals surface area contributed by atoms with Crippen molar-refractivity contribution in [3.05, 3.63) is 46.1 Å². The molecule has 7 nitrogen and oxygen atoms in total. The number of imide groups is 1. The monoisotopic (exact) mass is 373 g/mol. The molecule has 0 radical (unpaired) electrons. The zero-order chi connectivity index (χ0) is 14.8. The van der Waals surface area contributed by atoms with Gasteiger partial charge in [-0.1, -0.05) is 28.1 Å². The van der Waals surface area contributed by atoms with Gasteiger partial charge in [0, 0.05) is 16.6 Å². The van der Waals surface area contributed by atoms with Gasteiger partial charge in [0.1, 0.15) is 0 Å². The van der Waals surface area contributed by atoms with E-state index < -0.39 is 11.9 Å². The molecule has 3 amide bonds. The number of hydrazone groups is 1. The second kappa shape index (κ2) is 7.19. The van der Waals surface area contributed by atoms with Crippen molar-refractivity contribution < 1.29 is 43.6 Å². The number of benzene rings is 1. The predicted molar refractivity (Wildman–Crippen MR) is 77.7 cm³/mol. The molecule has 1 saturated heterocycles. The Labute approximate surface area is 156 Å². The number of carbonyl (C=O) groups excluding carboxylic acids is 2. The smallest absolute Gasteiger partial charge is 0.435 e. The van der Waals surface area contributed by atoms with Crippen LogP contribution in [0.2, 0.25) is 0 Å². The first kappa shape index (κ1) is 16.9. The van der Waals surface area contributed by atoms with Crippen molar-refractivity contribution in [3.8, 4) is 11.3 Å². The summed E-state index contributed by atoms with van der Waals surface area (Å²) in [5.74, 6) is 0.303. The Morgan fingerprint density at radius 2 is 2.05 bits per heavy atom. The van der Waals surface area contributed by atoms with Crippen LogP contribution >= 0.6 is 15.9 Å². The summed E-state index contributed by atoms with van der Waals surface area (Å²) in [4.78, 5) is 26.2. The molecule has 0 spiro atoms. The Balaban J connectivity index is 0.00000176. The van der Waals surface area contributed by atoms with Crippen molar-refractivity contribution in [3.63, 3.8) is 0 Å². The van der Waals surface area contributed by atoms with E-state index in [9.17, 15) is 9.59 Å². The zero-order valence-electron chi connectivity index (χ0n) is 11.6. The molecule has 106 valence electrons. The first-order valence-corrected chi connectivity index (χ1v) is 6.73. The van der Waals surface area contributed by atoms with Crippen molar-refractivity contribution >= 4 is 34.1 Å². The van der Waals surface area contributed by atoms with Gasteiger partial charge in [0.2, 0.25) is 5.89 Å². The minimum absolute atomic E-state index is 0. The molecular formula is C13H8BrN4NaO3. The Kier molecular flexibility index (Phi) is 5.52. The first-order valence-electron chi connectivity index (χ1n) is 5.93. The molecule has 0 unspecified atom stereocenters. The molecule has 0 N–H and O–H groups in total. The van der Waals surface area contributed by atoms with Crippen LogP contribution in [0.4, 0.5) is 4.79 Å². The van der Waals surface area contributed by atoms with Crippen molar-refractivity contribution in [2.75, 3.05) is 6.54 Å². The third-order valence-electron chi connectivity index (χ3n) is 2.69. The zero-order valence-corrected chi connectivity index (χ0v) is 15.1. The number of nitrogens with zero attached hydrogens (tertiary/aromatic N) is 4. The Hall–Kier alpha value is -1.48. The van der Waals surface area contributed by atoms with Crippen molar-refractivity contribution in [2.24, 2.45) is 5.10 Å². The fraction of sp³-hybridized carbons (Fsp3) is 0.0769. The summed E-state index contributed by atoms with van der Waals surface area (Å²) in [5.41, 5.74) is 0.868. The van der Waals surface area contributed by atoms with Crippen LogP contribution in [-0.4, -0.2) is 34.7 Å². The largest absolute Gasteiger partial charge is 1.00 e. The van der Waals surface area contributed by atoms with E-state index in [0.29, 0.717) is 5.76 Å². The fourth-order valence-electron chi connectivity index (χ4n) is 1.70. The van der Waals surface area contributed by atoms with Crippen LogP contribution in [0.15, 0.2) is 44.5 Å². The standard InChI is InChI=1S/C13H9BrN4O3.Na/c14-9-3-1-8(2-4-9)10-5-15-12(21-10)6-16-18-7-11(19)17-13(18)20;/h1-6H,7H2,(H,17,19,20);/q;+1/p-1/i7+1,11+1,13+1;. The molecule has 0 saturated carbocycles. The number of amides is 3. The minimum atomic E-state index is -0.684. The molecule has 0 bridgehead atoms. The van der Waals surface area contributed by atoms with Gasteiger partial charge in [0.15, 0.2) is 17.7 Å². The number of hydrogen-bond donors (Lipinski definition) is 0. The summed E-state index contributed by atoms with van der Waals surface area (Å²) in [5, 5.41) is 8.00. The molecule has 0 aliphatic carbocycles. The summed E-state index contributed by atoms with van der Waals surface area (Å²) in [6, 6.07) is 6.86. The first-order chi connectivity index (χ1) is 10.1. The van der Waals surface area contributed by atoms with E-state index in [1.54, 1.807) is 6.20 Å². The van der Waals surface area contributed by atoms with E-state index in [0.717, 1.165) is 15.0 Å². The van der Waals surface area contributed by atoms with E-state index in [2.05, 4.69) is 31.3 Å². The molecule has 2 heterocycles. The maximum Gasteiger partial charge on any atom is 1.00 e. The van der Waals surface area contributed by atoms with Crippen LogP contribution < -0.4 is 29.6 Å². The SMILES string of the molecule is O=[13C]1[13CH2]N(N=Cc2ncc(-c3ccc(Br)cc3)o2)[13C](=O)[N-]1.[Na+]. The third kappa shape index (κ3) is 3.83. The van der Waals surface area contributed by atoms with Gasteiger partial charge in [0.05, 0.1) is 12.4 Å². The van der Waals surface area contributed by atoms with Gasteiger partial charge >= 0.3 is 29.6 Å². The van der Waals surface area contributed by atoms with Crippen LogP contribution in [-0.2, 0) is 4.79 Å². The van der Waals surface area contributed by atoms with Gasteiger partial charge in [-0.3, -0.25) is 14.7 Å².